The predicted octanol–water partition coefficient (Wildman–Crippen LogP) is 0.680. The van der Waals surface area contributed by atoms with E-state index in [-0.39, 0.29) is 5.92 Å². The van der Waals surface area contributed by atoms with E-state index in [9.17, 15) is 4.79 Å². The molecule has 18 heavy (non-hydrogen) atoms. The second-order valence-electron chi connectivity index (χ2n) is 6.41. The Morgan fingerprint density at radius 1 is 1.17 bits per heavy atom. The van der Waals surface area contributed by atoms with Gasteiger partial charge in [0.05, 0.1) is 5.92 Å². The number of nitrogens with zero attached hydrogens (tertiary/aromatic N) is 2. The van der Waals surface area contributed by atoms with Crippen molar-refractivity contribution in [3.63, 3.8) is 0 Å². The van der Waals surface area contributed by atoms with Crippen LogP contribution in [0.2, 0.25) is 0 Å². The van der Waals surface area contributed by atoms with Crippen LogP contribution in [0.4, 0.5) is 0 Å². The summed E-state index contributed by atoms with van der Waals surface area (Å²) >= 11 is 0. The van der Waals surface area contributed by atoms with Gasteiger partial charge in [0.25, 0.3) is 0 Å². The molecule has 3 aliphatic heterocycles. The summed E-state index contributed by atoms with van der Waals surface area (Å²) in [5, 5.41) is 3.57. The average molecular weight is 251 g/mol. The molecule has 1 N–H and O–H groups in total. The molecule has 4 nitrogen and oxygen atoms in total. The zero-order valence-corrected chi connectivity index (χ0v) is 11.6. The molecule has 1 amide bonds. The number of carbonyl (C=O) groups is 1. The molecule has 0 spiro atoms. The van der Waals surface area contributed by atoms with E-state index in [0.717, 1.165) is 32.4 Å². The minimum Gasteiger partial charge on any atom is -0.342 e. The van der Waals surface area contributed by atoms with E-state index in [1.165, 1.54) is 12.8 Å². The molecule has 3 atom stereocenters. The number of amides is 1. The molecule has 3 rings (SSSR count). The Kier molecular flexibility index (Phi) is 3.32. The van der Waals surface area contributed by atoms with Gasteiger partial charge in [-0.2, -0.15) is 0 Å². The van der Waals surface area contributed by atoms with Gasteiger partial charge in [0, 0.05) is 31.2 Å². The van der Waals surface area contributed by atoms with Gasteiger partial charge in [-0.1, -0.05) is 0 Å². The van der Waals surface area contributed by atoms with Crippen LogP contribution in [0, 0.1) is 5.92 Å². The van der Waals surface area contributed by atoms with Crippen molar-refractivity contribution in [2.45, 2.75) is 50.2 Å². The van der Waals surface area contributed by atoms with Crippen molar-refractivity contribution in [3.8, 4) is 0 Å². The minimum absolute atomic E-state index is 0.277. The van der Waals surface area contributed by atoms with Crippen LogP contribution in [0.1, 0.15) is 32.1 Å². The average Bonchev–Trinajstić information content (AvgIpc) is 3.00. The molecule has 0 radical (unpaired) electrons. The van der Waals surface area contributed by atoms with Gasteiger partial charge in [-0.3, -0.25) is 4.79 Å². The lowest BCUT2D eigenvalue weighted by atomic mass is 9.87. The topological polar surface area (TPSA) is 35.6 Å². The van der Waals surface area contributed by atoms with Crippen molar-refractivity contribution >= 4 is 5.91 Å². The third kappa shape index (κ3) is 2.16. The molecule has 0 aromatic rings. The zero-order chi connectivity index (χ0) is 12.7. The van der Waals surface area contributed by atoms with Gasteiger partial charge in [-0.15, -0.1) is 0 Å². The quantitative estimate of drug-likeness (QED) is 0.784. The van der Waals surface area contributed by atoms with Crippen LogP contribution >= 0.6 is 0 Å². The molecular formula is C14H25N3O. The van der Waals surface area contributed by atoms with Gasteiger partial charge in [-0.05, 0) is 46.2 Å². The molecular weight excluding hydrogens is 226 g/mol. The van der Waals surface area contributed by atoms with Gasteiger partial charge in [0.15, 0.2) is 0 Å². The smallest absolute Gasteiger partial charge is 0.227 e. The van der Waals surface area contributed by atoms with Crippen LogP contribution in [0.3, 0.4) is 0 Å². The van der Waals surface area contributed by atoms with Gasteiger partial charge in [-0.25, -0.2) is 0 Å². The highest BCUT2D eigenvalue weighted by atomic mass is 16.2. The van der Waals surface area contributed by atoms with E-state index in [1.54, 1.807) is 0 Å². The van der Waals surface area contributed by atoms with E-state index in [2.05, 4.69) is 29.2 Å². The molecule has 4 heteroatoms. The summed E-state index contributed by atoms with van der Waals surface area (Å²) in [6.07, 6.45) is 5.82. The Morgan fingerprint density at radius 3 is 2.39 bits per heavy atom. The Bertz CT molecular complexity index is 323. The van der Waals surface area contributed by atoms with E-state index in [4.69, 9.17) is 0 Å². The third-order valence-corrected chi connectivity index (χ3v) is 5.12. The summed E-state index contributed by atoms with van der Waals surface area (Å²) in [7, 11) is 4.28. The largest absolute Gasteiger partial charge is 0.342 e. The first kappa shape index (κ1) is 12.4. The summed E-state index contributed by atoms with van der Waals surface area (Å²) in [6.45, 7) is 1.91. The van der Waals surface area contributed by atoms with Gasteiger partial charge in [0.1, 0.15) is 0 Å². The second kappa shape index (κ2) is 4.82. The Hall–Kier alpha value is -0.610. The Morgan fingerprint density at radius 2 is 1.89 bits per heavy atom. The summed E-state index contributed by atoms with van der Waals surface area (Å²) in [5.74, 6) is 0.701. The van der Waals surface area contributed by atoms with Crippen molar-refractivity contribution in [2.75, 3.05) is 27.2 Å². The van der Waals surface area contributed by atoms with Gasteiger partial charge < -0.3 is 15.1 Å². The van der Waals surface area contributed by atoms with E-state index >= 15 is 0 Å². The summed E-state index contributed by atoms with van der Waals surface area (Å²) < 4.78 is 0. The molecule has 102 valence electrons. The predicted molar refractivity (Wildman–Crippen MR) is 71.3 cm³/mol. The lowest BCUT2D eigenvalue weighted by Gasteiger charge is -2.37. The molecule has 0 saturated carbocycles. The van der Waals surface area contributed by atoms with E-state index in [1.807, 2.05) is 0 Å². The molecule has 3 saturated heterocycles. The fraction of sp³-hybridized carbons (Fsp3) is 0.929. The standard InChI is InChI=1S/C14H25N3O/c1-16(2)11-5-7-17(8-6-11)14(18)12-9-10-3-4-13(12)15-10/h10-13,15H,3-9H2,1-2H3. The molecule has 0 aromatic heterocycles. The summed E-state index contributed by atoms with van der Waals surface area (Å²) in [4.78, 5) is 16.9. The first-order valence-corrected chi connectivity index (χ1v) is 7.36. The van der Waals surface area contributed by atoms with Crippen LogP contribution in [0.25, 0.3) is 0 Å². The van der Waals surface area contributed by atoms with Crippen molar-refractivity contribution < 1.29 is 4.79 Å². The molecule has 3 heterocycles. The van der Waals surface area contributed by atoms with Crippen LogP contribution in [0.5, 0.6) is 0 Å². The summed E-state index contributed by atoms with van der Waals surface area (Å²) in [5.41, 5.74) is 0. The Balaban J connectivity index is 1.55. The van der Waals surface area contributed by atoms with Crippen molar-refractivity contribution in [1.29, 1.82) is 0 Å². The fourth-order valence-corrected chi connectivity index (χ4v) is 3.93. The second-order valence-corrected chi connectivity index (χ2v) is 6.41. The number of rotatable bonds is 2. The number of fused-ring (bicyclic) bond motifs is 2. The number of nitrogens with one attached hydrogen (secondary N) is 1. The normalized spacial score (nSPS) is 36.6. The highest BCUT2D eigenvalue weighted by Gasteiger charge is 2.44. The molecule has 3 aliphatic rings. The number of piperidine rings is 1. The number of hydrogen-bond acceptors (Lipinski definition) is 3. The highest BCUT2D eigenvalue weighted by molar-refractivity contribution is 5.80. The number of carbonyl (C=O) groups excluding carboxylic acids is 1. The molecule has 0 aliphatic carbocycles. The lowest BCUT2D eigenvalue weighted by Crippen LogP contribution is -2.48. The maximum Gasteiger partial charge on any atom is 0.227 e. The molecule has 0 aromatic carbocycles. The van der Waals surface area contributed by atoms with Crippen LogP contribution in [-0.4, -0.2) is 61.0 Å². The van der Waals surface area contributed by atoms with E-state index in [0.29, 0.717) is 24.0 Å². The van der Waals surface area contributed by atoms with Crippen LogP contribution in [-0.2, 0) is 4.79 Å². The first-order valence-electron chi connectivity index (χ1n) is 7.36. The maximum atomic E-state index is 12.5. The maximum absolute atomic E-state index is 12.5. The van der Waals surface area contributed by atoms with Crippen molar-refractivity contribution in [1.82, 2.24) is 15.1 Å². The third-order valence-electron chi connectivity index (χ3n) is 5.12. The SMILES string of the molecule is CN(C)C1CCN(C(=O)C2CC3CCC2N3)CC1. The van der Waals surface area contributed by atoms with Crippen LogP contribution in [0.15, 0.2) is 0 Å². The first-order chi connectivity index (χ1) is 8.65. The number of likely N-dealkylation sites (tertiary alicyclic amines) is 1. The Labute approximate surface area is 110 Å². The lowest BCUT2D eigenvalue weighted by molar-refractivity contribution is -0.137. The van der Waals surface area contributed by atoms with Crippen LogP contribution < -0.4 is 5.32 Å². The van der Waals surface area contributed by atoms with Gasteiger partial charge >= 0.3 is 0 Å². The zero-order valence-electron chi connectivity index (χ0n) is 11.6. The fourth-order valence-electron chi connectivity index (χ4n) is 3.93. The summed E-state index contributed by atoms with van der Waals surface area (Å²) in [6, 6.07) is 1.77. The molecule has 3 fully saturated rings. The van der Waals surface area contributed by atoms with Gasteiger partial charge in [0.2, 0.25) is 5.91 Å². The minimum atomic E-state index is 0.277. The van der Waals surface area contributed by atoms with E-state index < -0.39 is 0 Å². The highest BCUT2D eigenvalue weighted by Crippen LogP contribution is 2.34. The van der Waals surface area contributed by atoms with Crippen molar-refractivity contribution in [3.05, 3.63) is 0 Å². The molecule has 2 bridgehead atoms. The molecule has 3 unspecified atom stereocenters. The monoisotopic (exact) mass is 251 g/mol. The van der Waals surface area contributed by atoms with Crippen molar-refractivity contribution in [2.24, 2.45) is 5.92 Å². The number of hydrogen-bond donors (Lipinski definition) is 1.